The van der Waals surface area contributed by atoms with Gasteiger partial charge in [-0.3, -0.25) is 0 Å². The van der Waals surface area contributed by atoms with E-state index in [0.29, 0.717) is 0 Å². The van der Waals surface area contributed by atoms with Crippen LogP contribution in [0.4, 0.5) is 0 Å². The molecule has 0 bridgehead atoms. The van der Waals surface area contributed by atoms with Gasteiger partial charge in [0.05, 0.1) is 0 Å². The van der Waals surface area contributed by atoms with Gasteiger partial charge in [0.25, 0.3) is 0 Å². The van der Waals surface area contributed by atoms with Crippen molar-refractivity contribution in [2.24, 2.45) is 0 Å². The third kappa shape index (κ3) is 2.69. The molecule has 0 fully saturated rings. The molecule has 1 unspecified atom stereocenters. The summed E-state index contributed by atoms with van der Waals surface area (Å²) >= 11 is 0. The van der Waals surface area contributed by atoms with Crippen molar-refractivity contribution in [1.29, 1.82) is 0 Å². The molecule has 1 rings (SSSR count). The van der Waals surface area contributed by atoms with Gasteiger partial charge in [-0.05, 0) is 12.0 Å². The van der Waals surface area contributed by atoms with Gasteiger partial charge in [-0.2, -0.15) is 0 Å². The van der Waals surface area contributed by atoms with Crippen molar-refractivity contribution >= 4 is 10.5 Å². The Hall–Kier alpha value is -0.603. The van der Waals surface area contributed by atoms with Gasteiger partial charge < -0.3 is 4.43 Å². The molecule has 0 saturated heterocycles. The van der Waals surface area contributed by atoms with Crippen molar-refractivity contribution < 1.29 is 4.43 Å². The average molecular weight is 208 g/mol. The maximum Gasteiger partial charge on any atom is 0.146 e. The highest BCUT2D eigenvalue weighted by Crippen LogP contribution is 2.28. The van der Waals surface area contributed by atoms with Crippen molar-refractivity contribution in [2.45, 2.75) is 32.1 Å². The van der Waals surface area contributed by atoms with Gasteiger partial charge in [-0.15, -0.1) is 0 Å². The topological polar surface area (TPSA) is 9.23 Å². The minimum absolute atomic E-state index is 0.206. The van der Waals surface area contributed by atoms with Crippen molar-refractivity contribution in [3.63, 3.8) is 0 Å². The van der Waals surface area contributed by atoms with Crippen LogP contribution >= 0.6 is 0 Å². The Labute approximate surface area is 90.0 Å². The number of benzene rings is 1. The summed E-state index contributed by atoms with van der Waals surface area (Å²) in [5.41, 5.74) is 1.61. The SMILES string of the molecule is CCCC(C)(CO[SiH3])c1ccccc1. The summed E-state index contributed by atoms with van der Waals surface area (Å²) in [6, 6.07) is 10.7. The van der Waals surface area contributed by atoms with Gasteiger partial charge >= 0.3 is 0 Å². The highest BCUT2D eigenvalue weighted by molar-refractivity contribution is 5.98. The molecule has 0 aromatic heterocycles. The second-order valence-corrected chi connectivity index (χ2v) is 4.69. The molecule has 0 N–H and O–H groups in total. The van der Waals surface area contributed by atoms with Gasteiger partial charge in [-0.25, -0.2) is 0 Å². The highest BCUT2D eigenvalue weighted by atomic mass is 28.2. The summed E-state index contributed by atoms with van der Waals surface area (Å²) in [6.45, 7) is 5.38. The van der Waals surface area contributed by atoms with E-state index >= 15 is 0 Å². The van der Waals surface area contributed by atoms with Crippen LogP contribution in [0.5, 0.6) is 0 Å². The Bertz CT molecular complexity index is 252. The van der Waals surface area contributed by atoms with Crippen molar-refractivity contribution in [1.82, 2.24) is 0 Å². The molecule has 0 heterocycles. The summed E-state index contributed by atoms with van der Waals surface area (Å²) in [4.78, 5) is 0. The molecule has 0 radical (unpaired) electrons. The minimum atomic E-state index is 0.206. The van der Waals surface area contributed by atoms with Crippen LogP contribution in [-0.4, -0.2) is 17.1 Å². The molecule has 0 spiro atoms. The van der Waals surface area contributed by atoms with Crippen LogP contribution in [0.1, 0.15) is 32.3 Å². The molecule has 0 aliphatic rings. The van der Waals surface area contributed by atoms with Crippen LogP contribution in [-0.2, 0) is 9.84 Å². The predicted octanol–water partition coefficient (Wildman–Crippen LogP) is 2.04. The first kappa shape index (κ1) is 11.5. The summed E-state index contributed by atoms with van der Waals surface area (Å²) < 4.78 is 5.45. The molecular formula is C12H20OSi. The van der Waals surface area contributed by atoms with Gasteiger partial charge in [0.1, 0.15) is 10.5 Å². The molecule has 0 aliphatic heterocycles. The van der Waals surface area contributed by atoms with E-state index in [1.54, 1.807) is 0 Å². The fourth-order valence-corrected chi connectivity index (χ4v) is 2.65. The van der Waals surface area contributed by atoms with Crippen molar-refractivity contribution in [2.75, 3.05) is 6.61 Å². The highest BCUT2D eigenvalue weighted by Gasteiger charge is 2.24. The lowest BCUT2D eigenvalue weighted by molar-refractivity contribution is 0.233. The third-order valence-corrected chi connectivity index (χ3v) is 3.02. The Morgan fingerprint density at radius 1 is 1.29 bits per heavy atom. The van der Waals surface area contributed by atoms with E-state index in [1.165, 1.54) is 18.4 Å². The molecule has 78 valence electrons. The second-order valence-electron chi connectivity index (χ2n) is 4.11. The van der Waals surface area contributed by atoms with E-state index in [-0.39, 0.29) is 5.41 Å². The first-order valence-corrected chi connectivity index (χ1v) is 6.09. The lowest BCUT2D eigenvalue weighted by Crippen LogP contribution is -2.27. The van der Waals surface area contributed by atoms with Crippen LogP contribution < -0.4 is 0 Å². The van der Waals surface area contributed by atoms with E-state index in [4.69, 9.17) is 4.43 Å². The Kier molecular flexibility index (Phi) is 4.36. The van der Waals surface area contributed by atoms with Gasteiger partial charge in [0.2, 0.25) is 0 Å². The zero-order chi connectivity index (χ0) is 10.4. The van der Waals surface area contributed by atoms with Crippen LogP contribution in [0.25, 0.3) is 0 Å². The van der Waals surface area contributed by atoms with Crippen LogP contribution in [0, 0.1) is 0 Å². The third-order valence-electron chi connectivity index (χ3n) is 2.74. The van der Waals surface area contributed by atoms with Crippen LogP contribution in [0.3, 0.4) is 0 Å². The first-order valence-electron chi connectivity index (χ1n) is 5.27. The zero-order valence-corrected chi connectivity index (χ0v) is 11.4. The Morgan fingerprint density at radius 3 is 2.43 bits per heavy atom. The first-order chi connectivity index (χ1) is 6.73. The fourth-order valence-electron chi connectivity index (χ4n) is 2.01. The number of hydrogen-bond acceptors (Lipinski definition) is 1. The largest absolute Gasteiger partial charge is 0.427 e. The van der Waals surface area contributed by atoms with E-state index in [9.17, 15) is 0 Å². The second kappa shape index (κ2) is 5.32. The monoisotopic (exact) mass is 208 g/mol. The van der Waals surface area contributed by atoms with Gasteiger partial charge in [0.15, 0.2) is 0 Å². The Morgan fingerprint density at radius 2 is 1.93 bits per heavy atom. The molecule has 1 atom stereocenters. The summed E-state index contributed by atoms with van der Waals surface area (Å²) in [6.07, 6.45) is 2.40. The van der Waals surface area contributed by atoms with E-state index in [1.807, 2.05) is 0 Å². The van der Waals surface area contributed by atoms with E-state index in [2.05, 4.69) is 44.2 Å². The summed E-state index contributed by atoms with van der Waals surface area (Å²) in [7, 11) is 0.828. The predicted molar refractivity (Wildman–Crippen MR) is 64.6 cm³/mol. The van der Waals surface area contributed by atoms with Crippen LogP contribution in [0.2, 0.25) is 0 Å². The Balaban J connectivity index is 2.87. The van der Waals surface area contributed by atoms with E-state index in [0.717, 1.165) is 17.1 Å². The summed E-state index contributed by atoms with van der Waals surface area (Å²) in [5.74, 6) is 0. The molecule has 1 aromatic carbocycles. The van der Waals surface area contributed by atoms with E-state index < -0.39 is 0 Å². The molecule has 0 aliphatic carbocycles. The van der Waals surface area contributed by atoms with Gasteiger partial charge in [-0.1, -0.05) is 50.6 Å². The lowest BCUT2D eigenvalue weighted by atomic mass is 9.79. The normalized spacial score (nSPS) is 15.3. The number of rotatable bonds is 5. The number of hydrogen-bond donors (Lipinski definition) is 0. The lowest BCUT2D eigenvalue weighted by Gasteiger charge is -2.29. The van der Waals surface area contributed by atoms with Crippen molar-refractivity contribution in [3.8, 4) is 0 Å². The van der Waals surface area contributed by atoms with Crippen LogP contribution in [0.15, 0.2) is 30.3 Å². The van der Waals surface area contributed by atoms with Crippen molar-refractivity contribution in [3.05, 3.63) is 35.9 Å². The fraction of sp³-hybridized carbons (Fsp3) is 0.500. The molecule has 1 aromatic rings. The molecule has 14 heavy (non-hydrogen) atoms. The zero-order valence-electron chi connectivity index (χ0n) is 9.42. The average Bonchev–Trinajstić information content (AvgIpc) is 2.20. The molecule has 1 nitrogen and oxygen atoms in total. The standard InChI is InChI=1S/C12H20OSi/c1-3-9-12(2,10-13-14)11-7-5-4-6-8-11/h4-8H,3,9-10H2,1-2,14H3. The van der Waals surface area contributed by atoms with Gasteiger partial charge in [0, 0.05) is 12.0 Å². The molecule has 2 heteroatoms. The quantitative estimate of drug-likeness (QED) is 0.673. The molecular weight excluding hydrogens is 188 g/mol. The molecule has 0 saturated carbocycles. The smallest absolute Gasteiger partial charge is 0.146 e. The molecule has 0 amide bonds. The maximum absolute atomic E-state index is 5.45. The summed E-state index contributed by atoms with van der Waals surface area (Å²) in [5, 5.41) is 0. The minimum Gasteiger partial charge on any atom is -0.427 e. The maximum atomic E-state index is 5.45.